The minimum atomic E-state index is -4.85. The van der Waals surface area contributed by atoms with Gasteiger partial charge in [0.2, 0.25) is 12.1 Å². The van der Waals surface area contributed by atoms with Crippen LogP contribution in [0.1, 0.15) is 57.6 Å². The zero-order valence-electron chi connectivity index (χ0n) is 23.1. The molecule has 0 saturated heterocycles. The van der Waals surface area contributed by atoms with Gasteiger partial charge >= 0.3 is 18.3 Å². The first-order chi connectivity index (χ1) is 19.4. The van der Waals surface area contributed by atoms with Crippen LogP contribution in [-0.2, 0) is 14.4 Å². The highest BCUT2D eigenvalue weighted by Gasteiger charge is 2.58. The molecule has 0 aliphatic carbocycles. The van der Waals surface area contributed by atoms with Gasteiger partial charge < -0.3 is 15.7 Å². The third-order valence-corrected chi connectivity index (χ3v) is 7.42. The number of alkyl halides is 6. The number of benzodiazepines with no additional fused rings is 1. The van der Waals surface area contributed by atoms with Gasteiger partial charge in [0.05, 0.1) is 22.7 Å². The fourth-order valence-electron chi connectivity index (χ4n) is 5.31. The van der Waals surface area contributed by atoms with Crippen LogP contribution in [0.2, 0.25) is 0 Å². The first-order valence-corrected chi connectivity index (χ1v) is 13.1. The molecule has 0 spiro atoms. The van der Waals surface area contributed by atoms with Crippen LogP contribution < -0.4 is 10.6 Å². The van der Waals surface area contributed by atoms with Crippen LogP contribution in [0, 0.1) is 16.7 Å². The molecule has 1 heterocycles. The Morgan fingerprint density at radius 1 is 0.905 bits per heavy atom. The molecular formula is C29H31F6N3O4. The number of hydrogen-bond acceptors (Lipinski definition) is 4. The predicted octanol–water partition coefficient (Wildman–Crippen LogP) is 6.34. The number of aliphatic carboxylic acids is 1. The first kappa shape index (κ1) is 32.6. The van der Waals surface area contributed by atoms with Gasteiger partial charge in [0.15, 0.2) is 0 Å². The number of para-hydroxylation sites is 1. The smallest absolute Gasteiger partial charge is 0.389 e. The predicted molar refractivity (Wildman–Crippen MR) is 143 cm³/mol. The summed E-state index contributed by atoms with van der Waals surface area (Å²) < 4.78 is 80.1. The molecule has 13 heteroatoms. The lowest BCUT2D eigenvalue weighted by Crippen LogP contribution is -2.56. The van der Waals surface area contributed by atoms with Crippen molar-refractivity contribution in [3.05, 3.63) is 65.7 Å². The van der Waals surface area contributed by atoms with Crippen molar-refractivity contribution in [2.24, 2.45) is 21.7 Å². The van der Waals surface area contributed by atoms with Crippen LogP contribution in [0.25, 0.3) is 0 Å². The molecule has 2 aromatic rings. The van der Waals surface area contributed by atoms with E-state index in [4.69, 9.17) is 0 Å². The maximum Gasteiger partial charge on any atom is 0.389 e. The Morgan fingerprint density at radius 2 is 1.48 bits per heavy atom. The molecule has 42 heavy (non-hydrogen) atoms. The highest BCUT2D eigenvalue weighted by Crippen LogP contribution is 2.52. The number of carbonyl (C=O) groups is 3. The Labute approximate surface area is 238 Å². The second kappa shape index (κ2) is 12.1. The van der Waals surface area contributed by atoms with E-state index in [2.05, 4.69) is 15.6 Å². The second-order valence-corrected chi connectivity index (χ2v) is 11.1. The molecule has 0 aromatic heterocycles. The quantitative estimate of drug-likeness (QED) is 0.293. The van der Waals surface area contributed by atoms with Crippen molar-refractivity contribution in [2.45, 2.75) is 65.0 Å². The first-order valence-electron chi connectivity index (χ1n) is 13.1. The monoisotopic (exact) mass is 599 g/mol. The lowest BCUT2D eigenvalue weighted by Gasteiger charge is -2.46. The van der Waals surface area contributed by atoms with E-state index >= 15 is 0 Å². The van der Waals surface area contributed by atoms with Gasteiger partial charge in [0, 0.05) is 24.0 Å². The molecule has 3 N–H and O–H groups in total. The zero-order valence-corrected chi connectivity index (χ0v) is 23.1. The fourth-order valence-corrected chi connectivity index (χ4v) is 5.31. The number of rotatable bonds is 9. The molecule has 0 bridgehead atoms. The van der Waals surface area contributed by atoms with E-state index in [1.807, 2.05) is 0 Å². The molecule has 2 amide bonds. The van der Waals surface area contributed by atoms with E-state index in [1.165, 1.54) is 20.8 Å². The number of nitrogens with zero attached hydrogens (tertiary/aromatic N) is 1. The van der Waals surface area contributed by atoms with Crippen LogP contribution >= 0.6 is 0 Å². The summed E-state index contributed by atoms with van der Waals surface area (Å²) in [5, 5.41) is 15.1. The lowest BCUT2D eigenvalue weighted by molar-refractivity contribution is -0.182. The Kier molecular flexibility index (Phi) is 9.43. The van der Waals surface area contributed by atoms with Crippen molar-refractivity contribution in [3.63, 3.8) is 0 Å². The van der Waals surface area contributed by atoms with Gasteiger partial charge in [-0.2, -0.15) is 26.3 Å². The van der Waals surface area contributed by atoms with E-state index in [1.54, 1.807) is 54.6 Å². The van der Waals surface area contributed by atoms with Crippen molar-refractivity contribution in [2.75, 3.05) is 5.32 Å². The summed E-state index contributed by atoms with van der Waals surface area (Å²) in [7, 11) is 0. The van der Waals surface area contributed by atoms with Crippen LogP contribution in [0.5, 0.6) is 0 Å². The fraction of sp³-hybridized carbons (Fsp3) is 0.448. The summed E-state index contributed by atoms with van der Waals surface area (Å²) in [5.41, 5.74) is -2.61. The number of carboxylic acid groups (broad SMARTS) is 1. The third-order valence-electron chi connectivity index (χ3n) is 7.42. The largest absolute Gasteiger partial charge is 0.481 e. The standard InChI is InChI=1S/C29H31F6N3O4/c1-26(2,3)27(25(41)42,15-16-29(33,34)35)19(13-14-28(30,31)32)23(39)38-22-24(40)36-20-12-8-7-11-18(20)21(37-22)17-9-5-4-6-10-17/h4-12,19,22H,13-16H2,1-3H3,(H,36,40)(H,38,39)(H,41,42)/t19-,22+,27-/m0/s1. The van der Waals surface area contributed by atoms with Gasteiger partial charge in [0.25, 0.3) is 5.91 Å². The molecule has 3 rings (SSSR count). The topological polar surface area (TPSA) is 108 Å². The van der Waals surface area contributed by atoms with Gasteiger partial charge in [0.1, 0.15) is 0 Å². The third kappa shape index (κ3) is 7.48. The number of hydrogen-bond donors (Lipinski definition) is 3. The minimum Gasteiger partial charge on any atom is -0.481 e. The number of benzene rings is 2. The minimum absolute atomic E-state index is 0.249. The normalized spacial score (nSPS) is 18.1. The highest BCUT2D eigenvalue weighted by atomic mass is 19.4. The van der Waals surface area contributed by atoms with E-state index in [9.17, 15) is 45.8 Å². The van der Waals surface area contributed by atoms with Crippen molar-refractivity contribution in [3.8, 4) is 0 Å². The molecule has 7 nitrogen and oxygen atoms in total. The highest BCUT2D eigenvalue weighted by molar-refractivity contribution is 6.19. The summed E-state index contributed by atoms with van der Waals surface area (Å²) >= 11 is 0. The van der Waals surface area contributed by atoms with E-state index in [0.29, 0.717) is 16.8 Å². The van der Waals surface area contributed by atoms with Crippen molar-refractivity contribution in [1.82, 2.24) is 5.32 Å². The Morgan fingerprint density at radius 3 is 2.02 bits per heavy atom. The average Bonchev–Trinajstić information content (AvgIpc) is 3.00. The van der Waals surface area contributed by atoms with Crippen LogP contribution in [0.15, 0.2) is 59.6 Å². The molecule has 1 aliphatic rings. The SMILES string of the molecule is CC(C)(C)[C@](CCC(F)(F)F)(C(=O)O)[C@@H](CCC(F)(F)F)C(=O)N[C@H]1N=C(c2ccccc2)c2ccccc2NC1=O. The van der Waals surface area contributed by atoms with Gasteiger partial charge in [-0.1, -0.05) is 69.3 Å². The van der Waals surface area contributed by atoms with Gasteiger partial charge in [-0.3, -0.25) is 14.4 Å². The molecule has 0 fully saturated rings. The number of carboxylic acids is 1. The Hall–Kier alpha value is -3.90. The second-order valence-electron chi connectivity index (χ2n) is 11.1. The summed E-state index contributed by atoms with van der Waals surface area (Å²) in [6.45, 7) is 3.77. The van der Waals surface area contributed by atoms with E-state index < -0.39 is 78.7 Å². The number of amides is 2. The van der Waals surface area contributed by atoms with Crippen molar-refractivity contribution in [1.29, 1.82) is 0 Å². The molecule has 1 aliphatic heterocycles. The van der Waals surface area contributed by atoms with Crippen LogP contribution in [0.3, 0.4) is 0 Å². The maximum absolute atomic E-state index is 13.8. The summed E-state index contributed by atoms with van der Waals surface area (Å²) in [4.78, 5) is 44.1. The lowest BCUT2D eigenvalue weighted by atomic mass is 9.56. The molecule has 0 radical (unpaired) electrons. The number of nitrogens with one attached hydrogen (secondary N) is 2. The Bertz CT molecular complexity index is 1340. The molecule has 3 atom stereocenters. The number of carbonyl (C=O) groups excluding carboxylic acids is 2. The molecule has 0 unspecified atom stereocenters. The number of halogens is 6. The van der Waals surface area contributed by atoms with E-state index in [0.717, 1.165) is 0 Å². The number of aliphatic imine (C=N–C) groups is 1. The van der Waals surface area contributed by atoms with Crippen LogP contribution in [0.4, 0.5) is 32.0 Å². The average molecular weight is 600 g/mol. The molecule has 0 saturated carbocycles. The Balaban J connectivity index is 2.12. The molecule has 2 aromatic carbocycles. The molecule has 228 valence electrons. The summed E-state index contributed by atoms with van der Waals surface area (Å²) in [6.07, 6.45) is -17.0. The molecular weight excluding hydrogens is 568 g/mol. The zero-order chi connectivity index (χ0) is 31.5. The van der Waals surface area contributed by atoms with Gasteiger partial charge in [-0.05, 0) is 24.3 Å². The van der Waals surface area contributed by atoms with Gasteiger partial charge in [-0.25, -0.2) is 4.99 Å². The number of anilines is 1. The summed E-state index contributed by atoms with van der Waals surface area (Å²) in [5.74, 6) is -6.16. The van der Waals surface area contributed by atoms with Crippen molar-refractivity contribution < 1.29 is 45.8 Å². The number of fused-ring (bicyclic) bond motifs is 1. The summed E-state index contributed by atoms with van der Waals surface area (Å²) in [6, 6.07) is 15.1. The van der Waals surface area contributed by atoms with Crippen molar-refractivity contribution >= 4 is 29.2 Å². The van der Waals surface area contributed by atoms with E-state index in [-0.39, 0.29) is 5.71 Å². The van der Waals surface area contributed by atoms with Gasteiger partial charge in [-0.15, -0.1) is 0 Å². The van der Waals surface area contributed by atoms with Crippen LogP contribution in [-0.4, -0.2) is 47.1 Å². The maximum atomic E-state index is 13.8.